The lowest BCUT2D eigenvalue weighted by Gasteiger charge is -2.09. The number of hydrogen-bond donors (Lipinski definition) is 1. The summed E-state index contributed by atoms with van der Waals surface area (Å²) in [5.74, 6) is 0.448. The molecule has 0 unspecified atom stereocenters. The molecule has 5 nitrogen and oxygen atoms in total. The van der Waals surface area contributed by atoms with E-state index in [2.05, 4.69) is 5.32 Å². The molecule has 2 aromatic carbocycles. The molecule has 0 fully saturated rings. The van der Waals surface area contributed by atoms with E-state index >= 15 is 0 Å². The maximum atomic E-state index is 13.0. The van der Waals surface area contributed by atoms with Crippen LogP contribution in [-0.2, 0) is 11.2 Å². The smallest absolute Gasteiger partial charge is 0.262 e. The first-order valence-electron chi connectivity index (χ1n) is 9.10. The molecule has 0 saturated carbocycles. The SMILES string of the molecule is CCc1cc(C(=O)c2ccc(OC)cc2)c(NC(=O)COc2ccc(Cl)cc2Cl)s1. The summed E-state index contributed by atoms with van der Waals surface area (Å²) in [6.45, 7) is 1.74. The number of hydrogen-bond acceptors (Lipinski definition) is 5. The Morgan fingerprint density at radius 3 is 2.43 bits per heavy atom. The van der Waals surface area contributed by atoms with Crippen molar-refractivity contribution in [3.05, 3.63) is 74.6 Å². The summed E-state index contributed by atoms with van der Waals surface area (Å²) in [7, 11) is 1.57. The number of carbonyl (C=O) groups is 2. The van der Waals surface area contributed by atoms with E-state index in [4.69, 9.17) is 32.7 Å². The number of ether oxygens (including phenoxy) is 2. The highest BCUT2D eigenvalue weighted by molar-refractivity contribution is 7.16. The van der Waals surface area contributed by atoms with Crippen LogP contribution >= 0.6 is 34.5 Å². The van der Waals surface area contributed by atoms with E-state index in [-0.39, 0.29) is 12.4 Å². The Morgan fingerprint density at radius 2 is 1.80 bits per heavy atom. The first kappa shape index (κ1) is 22.2. The summed E-state index contributed by atoms with van der Waals surface area (Å²) in [6, 6.07) is 13.4. The van der Waals surface area contributed by atoms with Gasteiger partial charge in [0.05, 0.1) is 17.7 Å². The van der Waals surface area contributed by atoms with Crippen LogP contribution in [0.4, 0.5) is 5.00 Å². The molecule has 1 N–H and O–H groups in total. The van der Waals surface area contributed by atoms with Crippen molar-refractivity contribution in [1.29, 1.82) is 0 Å². The second-order valence-corrected chi connectivity index (χ2v) is 8.26. The van der Waals surface area contributed by atoms with Crippen molar-refractivity contribution in [1.82, 2.24) is 0 Å². The van der Waals surface area contributed by atoms with Crippen LogP contribution in [0.25, 0.3) is 0 Å². The van der Waals surface area contributed by atoms with Crippen molar-refractivity contribution in [3.63, 3.8) is 0 Å². The van der Waals surface area contributed by atoms with Gasteiger partial charge in [0, 0.05) is 15.5 Å². The Labute approximate surface area is 188 Å². The van der Waals surface area contributed by atoms with E-state index in [0.717, 1.165) is 11.3 Å². The van der Waals surface area contributed by atoms with Gasteiger partial charge in [-0.3, -0.25) is 9.59 Å². The van der Waals surface area contributed by atoms with Gasteiger partial charge in [0.2, 0.25) is 0 Å². The molecule has 0 aliphatic rings. The summed E-state index contributed by atoms with van der Waals surface area (Å²) < 4.78 is 10.6. The maximum Gasteiger partial charge on any atom is 0.262 e. The number of ketones is 1. The number of thiophene rings is 1. The molecule has 0 bridgehead atoms. The first-order chi connectivity index (χ1) is 14.4. The van der Waals surface area contributed by atoms with Crippen molar-refractivity contribution in [3.8, 4) is 11.5 Å². The van der Waals surface area contributed by atoms with E-state index in [1.807, 2.05) is 13.0 Å². The van der Waals surface area contributed by atoms with Gasteiger partial charge in [-0.2, -0.15) is 0 Å². The molecule has 1 heterocycles. The highest BCUT2D eigenvalue weighted by Gasteiger charge is 2.19. The number of anilines is 1. The third kappa shape index (κ3) is 5.33. The predicted molar refractivity (Wildman–Crippen MR) is 121 cm³/mol. The second-order valence-electron chi connectivity index (χ2n) is 6.28. The van der Waals surface area contributed by atoms with Gasteiger partial charge in [-0.05, 0) is 55.0 Å². The van der Waals surface area contributed by atoms with Gasteiger partial charge in [0.15, 0.2) is 12.4 Å². The van der Waals surface area contributed by atoms with Crippen molar-refractivity contribution in [2.75, 3.05) is 19.0 Å². The van der Waals surface area contributed by atoms with Crippen LogP contribution in [0.3, 0.4) is 0 Å². The fourth-order valence-corrected chi connectivity index (χ4v) is 4.15. The van der Waals surface area contributed by atoms with Crippen molar-refractivity contribution in [2.24, 2.45) is 0 Å². The Hall–Kier alpha value is -2.54. The third-order valence-corrected chi connectivity index (χ3v) is 5.96. The van der Waals surface area contributed by atoms with Gasteiger partial charge >= 0.3 is 0 Å². The number of aryl methyl sites for hydroxylation is 1. The average molecular weight is 464 g/mol. The molecule has 1 amide bonds. The van der Waals surface area contributed by atoms with Gasteiger partial charge < -0.3 is 14.8 Å². The number of benzene rings is 2. The molecule has 0 aliphatic heterocycles. The minimum Gasteiger partial charge on any atom is -0.497 e. The Morgan fingerprint density at radius 1 is 1.07 bits per heavy atom. The Kier molecular flexibility index (Phi) is 7.37. The number of carbonyl (C=O) groups excluding carboxylic acids is 2. The fourth-order valence-electron chi connectivity index (χ4n) is 2.67. The van der Waals surface area contributed by atoms with Gasteiger partial charge in [0.1, 0.15) is 16.5 Å². The first-order valence-corrected chi connectivity index (χ1v) is 10.7. The number of nitrogens with one attached hydrogen (secondary N) is 1. The summed E-state index contributed by atoms with van der Waals surface area (Å²) >= 11 is 13.3. The van der Waals surface area contributed by atoms with Gasteiger partial charge in [-0.25, -0.2) is 0 Å². The molecule has 8 heteroatoms. The van der Waals surface area contributed by atoms with E-state index in [1.165, 1.54) is 17.4 Å². The monoisotopic (exact) mass is 463 g/mol. The quantitative estimate of drug-likeness (QED) is 0.423. The molecular formula is C22H19Cl2NO4S. The summed E-state index contributed by atoms with van der Waals surface area (Å²) in [5.41, 5.74) is 0.954. The Bertz CT molecular complexity index is 1060. The van der Waals surface area contributed by atoms with Gasteiger partial charge in [0.25, 0.3) is 5.91 Å². The largest absolute Gasteiger partial charge is 0.497 e. The third-order valence-electron chi connectivity index (χ3n) is 4.23. The molecule has 1 aromatic heterocycles. The number of halogens is 2. The van der Waals surface area contributed by atoms with Crippen LogP contribution in [0.1, 0.15) is 27.7 Å². The molecule has 3 aromatic rings. The number of rotatable bonds is 8. The molecule has 156 valence electrons. The van der Waals surface area contributed by atoms with Crippen LogP contribution in [0.15, 0.2) is 48.5 Å². The Balaban J connectivity index is 1.74. The minimum absolute atomic E-state index is 0.175. The van der Waals surface area contributed by atoms with Crippen molar-refractivity contribution in [2.45, 2.75) is 13.3 Å². The second kappa shape index (κ2) is 9.98. The molecular weight excluding hydrogens is 445 g/mol. The van der Waals surface area contributed by atoms with Crippen LogP contribution in [0, 0.1) is 0 Å². The van der Waals surface area contributed by atoms with Gasteiger partial charge in [-0.15, -0.1) is 11.3 Å². The zero-order valence-electron chi connectivity index (χ0n) is 16.3. The summed E-state index contributed by atoms with van der Waals surface area (Å²) in [4.78, 5) is 26.4. The van der Waals surface area contributed by atoms with Gasteiger partial charge in [-0.1, -0.05) is 30.1 Å². The van der Waals surface area contributed by atoms with E-state index < -0.39 is 5.91 Å². The van der Waals surface area contributed by atoms with Crippen LogP contribution in [0.2, 0.25) is 10.0 Å². The van der Waals surface area contributed by atoms with Crippen LogP contribution in [0.5, 0.6) is 11.5 Å². The zero-order chi connectivity index (χ0) is 21.7. The van der Waals surface area contributed by atoms with Crippen molar-refractivity contribution >= 4 is 51.2 Å². The lowest BCUT2D eigenvalue weighted by Crippen LogP contribution is -2.20. The van der Waals surface area contributed by atoms with Crippen LogP contribution < -0.4 is 14.8 Å². The molecule has 0 saturated heterocycles. The summed E-state index contributed by atoms with van der Waals surface area (Å²) in [6.07, 6.45) is 0.750. The minimum atomic E-state index is -0.394. The van der Waals surface area contributed by atoms with E-state index in [0.29, 0.717) is 37.7 Å². The molecule has 0 spiro atoms. The lowest BCUT2D eigenvalue weighted by atomic mass is 10.0. The normalized spacial score (nSPS) is 10.5. The highest BCUT2D eigenvalue weighted by Crippen LogP contribution is 2.31. The van der Waals surface area contributed by atoms with Crippen LogP contribution in [-0.4, -0.2) is 25.4 Å². The van der Waals surface area contributed by atoms with Crippen molar-refractivity contribution < 1.29 is 19.1 Å². The topological polar surface area (TPSA) is 64.6 Å². The predicted octanol–water partition coefficient (Wildman–Crippen LogP) is 5.87. The zero-order valence-corrected chi connectivity index (χ0v) is 18.7. The average Bonchev–Trinajstić information content (AvgIpc) is 3.15. The number of methoxy groups -OCH3 is 1. The van der Waals surface area contributed by atoms with E-state index in [9.17, 15) is 9.59 Å². The molecule has 0 atom stereocenters. The van der Waals surface area contributed by atoms with E-state index in [1.54, 1.807) is 43.5 Å². The molecule has 3 rings (SSSR count). The number of amides is 1. The molecule has 30 heavy (non-hydrogen) atoms. The standard InChI is InChI=1S/C22H19Cl2NO4S/c1-3-16-11-17(21(27)13-4-7-15(28-2)8-5-13)22(30-16)25-20(26)12-29-19-9-6-14(23)10-18(19)24/h4-11H,3,12H2,1-2H3,(H,25,26). The lowest BCUT2D eigenvalue weighted by molar-refractivity contribution is -0.118. The molecule has 0 radical (unpaired) electrons. The molecule has 0 aliphatic carbocycles. The maximum absolute atomic E-state index is 13.0. The highest BCUT2D eigenvalue weighted by atomic mass is 35.5. The fraction of sp³-hybridized carbons (Fsp3) is 0.182. The summed E-state index contributed by atoms with van der Waals surface area (Å²) in [5, 5.41) is 4.06.